The number of aromatic nitrogens is 1. The van der Waals surface area contributed by atoms with Crippen molar-refractivity contribution in [2.75, 3.05) is 0 Å². The van der Waals surface area contributed by atoms with Crippen LogP contribution in [-0.2, 0) is 4.79 Å². The van der Waals surface area contributed by atoms with Crippen molar-refractivity contribution in [1.29, 1.82) is 0 Å². The number of carboxylic acids is 1. The summed E-state index contributed by atoms with van der Waals surface area (Å²) < 4.78 is 0. The van der Waals surface area contributed by atoms with E-state index in [2.05, 4.69) is 16.4 Å². The van der Waals surface area contributed by atoms with Crippen molar-refractivity contribution in [3.63, 3.8) is 0 Å². The molecule has 0 unspecified atom stereocenters. The Bertz CT molecular complexity index is 748. The fourth-order valence-corrected chi connectivity index (χ4v) is 3.32. The number of nitrogens with one attached hydrogen (secondary N) is 2. The maximum atomic E-state index is 12.4. The third kappa shape index (κ3) is 2.71. The van der Waals surface area contributed by atoms with Crippen LogP contribution in [0.15, 0.2) is 18.2 Å². The lowest BCUT2D eigenvalue weighted by Gasteiger charge is -2.11. The molecule has 5 nitrogen and oxygen atoms in total. The molecule has 1 fully saturated rings. The standard InChI is InChI=1S/C17H20N2O3/c1-9-5-10(2)13-8-15(19-14(13)6-9)16(20)18-12-4-3-11(7-12)17(21)22/h5-6,8,11-12,19H,3-4,7H2,1-2H3,(H,18,20)(H,21,22)/t11-,12+/m0/s1. The van der Waals surface area contributed by atoms with Gasteiger partial charge in [-0.1, -0.05) is 6.07 Å². The summed E-state index contributed by atoms with van der Waals surface area (Å²) >= 11 is 0. The number of aromatic amines is 1. The second-order valence-corrected chi connectivity index (χ2v) is 6.24. The molecule has 0 radical (unpaired) electrons. The number of rotatable bonds is 3. The summed E-state index contributed by atoms with van der Waals surface area (Å²) in [6.07, 6.45) is 1.87. The highest BCUT2D eigenvalue weighted by Crippen LogP contribution is 2.26. The number of hydrogen-bond donors (Lipinski definition) is 3. The summed E-state index contributed by atoms with van der Waals surface area (Å²) in [4.78, 5) is 26.5. The van der Waals surface area contributed by atoms with Crippen molar-refractivity contribution >= 4 is 22.8 Å². The van der Waals surface area contributed by atoms with E-state index in [9.17, 15) is 9.59 Å². The van der Waals surface area contributed by atoms with E-state index in [0.29, 0.717) is 18.5 Å². The van der Waals surface area contributed by atoms with Crippen LogP contribution in [0.1, 0.15) is 40.9 Å². The van der Waals surface area contributed by atoms with E-state index in [1.807, 2.05) is 26.0 Å². The molecule has 3 N–H and O–H groups in total. The predicted molar refractivity (Wildman–Crippen MR) is 84.0 cm³/mol. The molecule has 1 aliphatic carbocycles. The quantitative estimate of drug-likeness (QED) is 0.815. The van der Waals surface area contributed by atoms with Gasteiger partial charge in [-0.15, -0.1) is 0 Å². The van der Waals surface area contributed by atoms with E-state index in [-0.39, 0.29) is 17.9 Å². The van der Waals surface area contributed by atoms with Gasteiger partial charge in [0, 0.05) is 16.9 Å². The third-order valence-electron chi connectivity index (χ3n) is 4.45. The van der Waals surface area contributed by atoms with Crippen molar-refractivity contribution in [3.05, 3.63) is 35.0 Å². The van der Waals surface area contributed by atoms with Gasteiger partial charge in [-0.25, -0.2) is 0 Å². The van der Waals surface area contributed by atoms with E-state index in [1.54, 1.807) is 0 Å². The number of carbonyl (C=O) groups is 2. The van der Waals surface area contributed by atoms with Crippen LogP contribution >= 0.6 is 0 Å². The Kier molecular flexibility index (Phi) is 3.64. The summed E-state index contributed by atoms with van der Waals surface area (Å²) in [5.74, 6) is -1.27. The van der Waals surface area contributed by atoms with Gasteiger partial charge in [0.15, 0.2) is 0 Å². The maximum absolute atomic E-state index is 12.4. The SMILES string of the molecule is Cc1cc(C)c2cc(C(=O)N[C@@H]3CC[C@H](C(=O)O)C3)[nH]c2c1. The van der Waals surface area contributed by atoms with E-state index in [4.69, 9.17) is 5.11 Å². The lowest BCUT2D eigenvalue weighted by molar-refractivity contribution is -0.141. The molecule has 2 atom stereocenters. The molecule has 1 amide bonds. The van der Waals surface area contributed by atoms with Crippen LogP contribution < -0.4 is 5.32 Å². The zero-order valence-corrected chi connectivity index (χ0v) is 12.8. The molecule has 1 aromatic carbocycles. The third-order valence-corrected chi connectivity index (χ3v) is 4.45. The summed E-state index contributed by atoms with van der Waals surface area (Å²) in [6, 6.07) is 5.92. The number of fused-ring (bicyclic) bond motifs is 1. The molecule has 1 aromatic heterocycles. The molecule has 1 aliphatic rings. The van der Waals surface area contributed by atoms with Crippen LogP contribution in [0.2, 0.25) is 0 Å². The first-order valence-corrected chi connectivity index (χ1v) is 7.57. The van der Waals surface area contributed by atoms with Gasteiger partial charge in [0.2, 0.25) is 0 Å². The van der Waals surface area contributed by atoms with Crippen molar-refractivity contribution < 1.29 is 14.7 Å². The van der Waals surface area contributed by atoms with Crippen LogP contribution in [0.5, 0.6) is 0 Å². The lowest BCUT2D eigenvalue weighted by atomic mass is 10.1. The summed E-state index contributed by atoms with van der Waals surface area (Å²) in [5, 5.41) is 13.0. The van der Waals surface area contributed by atoms with Gasteiger partial charge in [0.25, 0.3) is 5.91 Å². The van der Waals surface area contributed by atoms with Gasteiger partial charge >= 0.3 is 5.97 Å². The minimum absolute atomic E-state index is 0.0529. The van der Waals surface area contributed by atoms with Gasteiger partial charge in [0.1, 0.15) is 5.69 Å². The average molecular weight is 300 g/mol. The molecule has 0 saturated heterocycles. The van der Waals surface area contributed by atoms with E-state index < -0.39 is 5.97 Å². The highest BCUT2D eigenvalue weighted by atomic mass is 16.4. The number of aliphatic carboxylic acids is 1. The van der Waals surface area contributed by atoms with Crippen LogP contribution in [0, 0.1) is 19.8 Å². The molecule has 0 bridgehead atoms. The first kappa shape index (κ1) is 14.6. The second kappa shape index (κ2) is 5.48. The van der Waals surface area contributed by atoms with Gasteiger partial charge in [-0.05, 0) is 56.4 Å². The second-order valence-electron chi connectivity index (χ2n) is 6.24. The zero-order chi connectivity index (χ0) is 15.9. The molecule has 1 heterocycles. The van der Waals surface area contributed by atoms with E-state index >= 15 is 0 Å². The smallest absolute Gasteiger partial charge is 0.306 e. The Labute approximate surface area is 128 Å². The van der Waals surface area contributed by atoms with Crippen LogP contribution in [-0.4, -0.2) is 28.0 Å². The Hall–Kier alpha value is -2.30. The molecular formula is C17H20N2O3. The van der Waals surface area contributed by atoms with E-state index in [0.717, 1.165) is 28.5 Å². The topological polar surface area (TPSA) is 82.2 Å². The van der Waals surface area contributed by atoms with Crippen molar-refractivity contribution in [1.82, 2.24) is 10.3 Å². The molecule has 3 rings (SSSR count). The molecule has 0 aliphatic heterocycles. The molecule has 2 aromatic rings. The number of carbonyl (C=O) groups excluding carboxylic acids is 1. The molecule has 5 heteroatoms. The Balaban J connectivity index is 1.76. The Morgan fingerprint density at radius 3 is 2.68 bits per heavy atom. The number of H-pyrrole nitrogens is 1. The van der Waals surface area contributed by atoms with Crippen LogP contribution in [0.4, 0.5) is 0 Å². The molecule has 0 spiro atoms. The Morgan fingerprint density at radius 2 is 2.00 bits per heavy atom. The maximum Gasteiger partial charge on any atom is 0.306 e. The van der Waals surface area contributed by atoms with Crippen LogP contribution in [0.25, 0.3) is 10.9 Å². The van der Waals surface area contributed by atoms with Gasteiger partial charge in [-0.2, -0.15) is 0 Å². The zero-order valence-electron chi connectivity index (χ0n) is 12.8. The molecule has 22 heavy (non-hydrogen) atoms. The number of aryl methyl sites for hydroxylation is 2. The predicted octanol–water partition coefficient (Wildman–Crippen LogP) is 2.77. The van der Waals surface area contributed by atoms with Gasteiger partial charge < -0.3 is 15.4 Å². The fourth-order valence-electron chi connectivity index (χ4n) is 3.32. The Morgan fingerprint density at radius 1 is 1.23 bits per heavy atom. The highest BCUT2D eigenvalue weighted by molar-refractivity contribution is 5.99. The summed E-state index contributed by atoms with van der Waals surface area (Å²) in [6.45, 7) is 4.05. The number of hydrogen-bond acceptors (Lipinski definition) is 2. The first-order chi connectivity index (χ1) is 10.4. The number of benzene rings is 1. The minimum Gasteiger partial charge on any atom is -0.481 e. The summed E-state index contributed by atoms with van der Waals surface area (Å²) in [5.41, 5.74) is 3.77. The van der Waals surface area contributed by atoms with Gasteiger partial charge in [-0.3, -0.25) is 9.59 Å². The summed E-state index contributed by atoms with van der Waals surface area (Å²) in [7, 11) is 0. The van der Waals surface area contributed by atoms with Gasteiger partial charge in [0.05, 0.1) is 5.92 Å². The minimum atomic E-state index is -0.770. The lowest BCUT2D eigenvalue weighted by Crippen LogP contribution is -2.33. The number of amides is 1. The van der Waals surface area contributed by atoms with E-state index in [1.165, 1.54) is 0 Å². The highest BCUT2D eigenvalue weighted by Gasteiger charge is 2.30. The van der Waals surface area contributed by atoms with Crippen LogP contribution in [0.3, 0.4) is 0 Å². The monoisotopic (exact) mass is 300 g/mol. The first-order valence-electron chi connectivity index (χ1n) is 7.57. The molecule has 116 valence electrons. The normalized spacial score (nSPS) is 21.2. The molecule has 1 saturated carbocycles. The molecular weight excluding hydrogens is 280 g/mol. The fraction of sp³-hybridized carbons (Fsp3) is 0.412. The number of carboxylic acid groups (broad SMARTS) is 1. The van der Waals surface area contributed by atoms with Crippen molar-refractivity contribution in [3.8, 4) is 0 Å². The van der Waals surface area contributed by atoms with Crippen molar-refractivity contribution in [2.45, 2.75) is 39.2 Å². The largest absolute Gasteiger partial charge is 0.481 e. The average Bonchev–Trinajstić information content (AvgIpc) is 3.05. The van der Waals surface area contributed by atoms with Crippen molar-refractivity contribution in [2.24, 2.45) is 5.92 Å².